The Morgan fingerprint density at radius 3 is 2.59 bits per heavy atom. The van der Waals surface area contributed by atoms with Crippen molar-refractivity contribution in [2.45, 2.75) is 62.8 Å². The summed E-state index contributed by atoms with van der Waals surface area (Å²) in [5.74, 6) is -0.763. The van der Waals surface area contributed by atoms with Crippen molar-refractivity contribution in [1.82, 2.24) is 15.6 Å². The standard InChI is InChI=1S/C26H28F2N4OS/c1-17(2)14-21(23(33)32-25(16-29)10-11-25)31-22(24-30-12-13-34-24)26(28)9-8-19(20(27)15-26)18-6-4-3-5-7-18/h3-9,12-13,17,21-22,31H,10-11,14-15H2,1-2H3,(H,32,33)/t21-,22+,26?/m0/s1. The Balaban J connectivity index is 1.62. The number of benzene rings is 1. The first-order valence-electron chi connectivity index (χ1n) is 11.5. The maximum atomic E-state index is 16.5. The molecule has 4 rings (SSSR count). The highest BCUT2D eigenvalue weighted by atomic mass is 32.1. The summed E-state index contributed by atoms with van der Waals surface area (Å²) in [6, 6.07) is 9.40. The second-order valence-corrected chi connectivity index (χ2v) is 10.4. The maximum Gasteiger partial charge on any atom is 0.238 e. The first-order chi connectivity index (χ1) is 16.3. The third-order valence-corrected chi connectivity index (χ3v) is 7.07. The fraction of sp³-hybridized carbons (Fsp3) is 0.423. The third kappa shape index (κ3) is 5.26. The second-order valence-electron chi connectivity index (χ2n) is 9.46. The SMILES string of the molecule is CC(C)C[C@H](N[C@H](c1nccs1)C1(F)C=CC(c2ccccc2)=C(F)C1)C(=O)NC1(C#N)CC1. The van der Waals surface area contributed by atoms with Gasteiger partial charge >= 0.3 is 0 Å². The highest BCUT2D eigenvalue weighted by Gasteiger charge is 2.48. The van der Waals surface area contributed by atoms with Crippen molar-refractivity contribution < 1.29 is 13.6 Å². The quantitative estimate of drug-likeness (QED) is 0.501. The molecule has 1 saturated carbocycles. The Kier molecular flexibility index (Phi) is 6.96. The molecule has 2 aromatic rings. The first kappa shape index (κ1) is 24.2. The van der Waals surface area contributed by atoms with Crippen LogP contribution in [0.3, 0.4) is 0 Å². The van der Waals surface area contributed by atoms with Crippen molar-refractivity contribution in [2.24, 2.45) is 5.92 Å². The molecule has 178 valence electrons. The number of alkyl halides is 1. The summed E-state index contributed by atoms with van der Waals surface area (Å²) in [5.41, 5.74) is -1.92. The molecule has 0 aliphatic heterocycles. The van der Waals surface area contributed by atoms with Gasteiger partial charge in [-0.2, -0.15) is 5.26 Å². The molecule has 1 unspecified atom stereocenters. The molecule has 0 saturated heterocycles. The number of nitriles is 1. The minimum Gasteiger partial charge on any atom is -0.336 e. The molecule has 0 spiro atoms. The molecule has 1 aromatic carbocycles. The zero-order chi connectivity index (χ0) is 24.3. The zero-order valence-corrected chi connectivity index (χ0v) is 20.0. The molecule has 2 aliphatic carbocycles. The summed E-state index contributed by atoms with van der Waals surface area (Å²) < 4.78 is 31.7. The molecule has 5 nitrogen and oxygen atoms in total. The van der Waals surface area contributed by atoms with Crippen molar-refractivity contribution >= 4 is 22.8 Å². The van der Waals surface area contributed by atoms with Gasteiger partial charge in [-0.3, -0.25) is 10.1 Å². The number of halogens is 2. The minimum absolute atomic E-state index is 0.135. The third-order valence-electron chi connectivity index (χ3n) is 6.23. The molecule has 34 heavy (non-hydrogen) atoms. The van der Waals surface area contributed by atoms with Gasteiger partial charge in [-0.1, -0.05) is 50.3 Å². The van der Waals surface area contributed by atoms with Gasteiger partial charge in [0.15, 0.2) is 5.67 Å². The normalized spacial score (nSPS) is 22.8. The van der Waals surface area contributed by atoms with Crippen LogP contribution in [-0.4, -0.2) is 28.1 Å². The Labute approximate surface area is 202 Å². The van der Waals surface area contributed by atoms with E-state index in [9.17, 15) is 10.1 Å². The Morgan fingerprint density at radius 2 is 2.03 bits per heavy atom. The maximum absolute atomic E-state index is 16.5. The summed E-state index contributed by atoms with van der Waals surface area (Å²) in [6.07, 6.45) is 5.59. The van der Waals surface area contributed by atoms with Crippen LogP contribution in [0.1, 0.15) is 56.1 Å². The molecule has 0 bridgehead atoms. The number of hydrogen-bond donors (Lipinski definition) is 2. The van der Waals surface area contributed by atoms with Crippen molar-refractivity contribution in [2.75, 3.05) is 0 Å². The van der Waals surface area contributed by atoms with Crippen molar-refractivity contribution in [3.8, 4) is 6.07 Å². The Hall–Kier alpha value is -2.89. The van der Waals surface area contributed by atoms with Crippen LogP contribution in [-0.2, 0) is 4.79 Å². The number of nitrogens with one attached hydrogen (secondary N) is 2. The number of hydrogen-bond acceptors (Lipinski definition) is 5. The van der Waals surface area contributed by atoms with Crippen molar-refractivity contribution in [3.63, 3.8) is 0 Å². The summed E-state index contributed by atoms with van der Waals surface area (Å²) in [5, 5.41) is 17.5. The largest absolute Gasteiger partial charge is 0.336 e. The monoisotopic (exact) mass is 482 g/mol. The van der Waals surface area contributed by atoms with Crippen LogP contribution in [0.5, 0.6) is 0 Å². The topological polar surface area (TPSA) is 77.8 Å². The minimum atomic E-state index is -2.12. The summed E-state index contributed by atoms with van der Waals surface area (Å²) >= 11 is 1.25. The summed E-state index contributed by atoms with van der Waals surface area (Å²) in [6.45, 7) is 3.94. The van der Waals surface area contributed by atoms with Crippen LogP contribution in [0.2, 0.25) is 0 Å². The molecule has 1 fully saturated rings. The van der Waals surface area contributed by atoms with E-state index in [2.05, 4.69) is 21.7 Å². The Bertz CT molecular complexity index is 1120. The smallest absolute Gasteiger partial charge is 0.238 e. The second kappa shape index (κ2) is 9.77. The van der Waals surface area contributed by atoms with E-state index < -0.39 is 35.5 Å². The predicted octanol–water partition coefficient (Wildman–Crippen LogP) is 5.41. The molecule has 8 heteroatoms. The molecule has 1 aromatic heterocycles. The Morgan fingerprint density at radius 1 is 1.29 bits per heavy atom. The van der Waals surface area contributed by atoms with E-state index in [1.54, 1.807) is 23.7 Å². The van der Waals surface area contributed by atoms with Crippen LogP contribution in [0.25, 0.3) is 5.57 Å². The highest BCUT2D eigenvalue weighted by Crippen LogP contribution is 2.44. The molecule has 3 atom stereocenters. The van der Waals surface area contributed by atoms with Gasteiger partial charge in [0.2, 0.25) is 5.91 Å². The highest BCUT2D eigenvalue weighted by molar-refractivity contribution is 7.09. The zero-order valence-electron chi connectivity index (χ0n) is 19.2. The number of carbonyl (C=O) groups excluding carboxylic acids is 1. The molecular weight excluding hydrogens is 454 g/mol. The van der Waals surface area contributed by atoms with E-state index in [0.29, 0.717) is 35.4 Å². The number of rotatable bonds is 9. The first-order valence-corrected chi connectivity index (χ1v) is 12.3. The average Bonchev–Trinajstić information content (AvgIpc) is 3.37. The van der Waals surface area contributed by atoms with Gasteiger partial charge in [0, 0.05) is 23.6 Å². The van der Waals surface area contributed by atoms with Gasteiger partial charge in [0.25, 0.3) is 0 Å². The number of aromatic nitrogens is 1. The van der Waals surface area contributed by atoms with Gasteiger partial charge in [0.05, 0.1) is 18.2 Å². The van der Waals surface area contributed by atoms with E-state index in [1.807, 2.05) is 32.0 Å². The number of carbonyl (C=O) groups is 1. The van der Waals surface area contributed by atoms with Crippen LogP contribution >= 0.6 is 11.3 Å². The van der Waals surface area contributed by atoms with Crippen LogP contribution in [0.4, 0.5) is 8.78 Å². The lowest BCUT2D eigenvalue weighted by Gasteiger charge is -2.35. The lowest BCUT2D eigenvalue weighted by atomic mass is 9.84. The summed E-state index contributed by atoms with van der Waals surface area (Å²) in [4.78, 5) is 17.4. The molecule has 2 aliphatic rings. The molecule has 2 N–H and O–H groups in total. The fourth-order valence-corrected chi connectivity index (χ4v) is 4.98. The van der Waals surface area contributed by atoms with Gasteiger partial charge < -0.3 is 5.32 Å². The van der Waals surface area contributed by atoms with Gasteiger partial charge in [-0.25, -0.2) is 13.8 Å². The van der Waals surface area contributed by atoms with Crippen LogP contribution in [0.15, 0.2) is 59.9 Å². The van der Waals surface area contributed by atoms with E-state index >= 15 is 8.78 Å². The van der Waals surface area contributed by atoms with Crippen molar-refractivity contribution in [3.05, 3.63) is 70.5 Å². The molecular formula is C26H28F2N4OS. The van der Waals surface area contributed by atoms with Crippen LogP contribution < -0.4 is 10.6 Å². The lowest BCUT2D eigenvalue weighted by molar-refractivity contribution is -0.124. The van der Waals surface area contributed by atoms with Crippen LogP contribution in [0, 0.1) is 17.2 Å². The summed E-state index contributed by atoms with van der Waals surface area (Å²) in [7, 11) is 0. The van der Waals surface area contributed by atoms with Gasteiger partial charge in [0.1, 0.15) is 16.4 Å². The molecule has 1 amide bonds. The molecule has 0 radical (unpaired) electrons. The van der Waals surface area contributed by atoms with Crippen molar-refractivity contribution in [1.29, 1.82) is 5.26 Å². The average molecular weight is 483 g/mol. The van der Waals surface area contributed by atoms with Gasteiger partial charge in [-0.15, -0.1) is 11.3 Å². The van der Waals surface area contributed by atoms with E-state index in [4.69, 9.17) is 0 Å². The number of allylic oxidation sites excluding steroid dienone is 3. The fourth-order valence-electron chi connectivity index (χ4n) is 4.20. The van der Waals surface area contributed by atoms with E-state index in [0.717, 1.165) is 0 Å². The van der Waals surface area contributed by atoms with Gasteiger partial charge in [-0.05, 0) is 36.8 Å². The number of amides is 1. The predicted molar refractivity (Wildman–Crippen MR) is 129 cm³/mol. The van der Waals surface area contributed by atoms with E-state index in [-0.39, 0.29) is 11.8 Å². The number of nitrogens with zero attached hydrogens (tertiary/aromatic N) is 2. The lowest BCUT2D eigenvalue weighted by Crippen LogP contribution is -2.53. The van der Waals surface area contributed by atoms with E-state index in [1.165, 1.54) is 23.5 Å². The molecule has 1 heterocycles. The number of thiazole rings is 1.